The van der Waals surface area contributed by atoms with Crippen LogP contribution in [-0.2, 0) is 0 Å². The van der Waals surface area contributed by atoms with E-state index in [1.807, 2.05) is 36.5 Å². The Bertz CT molecular complexity index is 754. The highest BCUT2D eigenvalue weighted by Crippen LogP contribution is 2.24. The van der Waals surface area contributed by atoms with Crippen molar-refractivity contribution in [2.75, 3.05) is 11.9 Å². The van der Waals surface area contributed by atoms with E-state index in [1.165, 1.54) is 5.56 Å². The van der Waals surface area contributed by atoms with E-state index in [4.69, 9.17) is 0 Å². The Morgan fingerprint density at radius 1 is 0.957 bits per heavy atom. The fraction of sp³-hybridized carbons (Fsp3) is 0.150. The third-order valence-electron chi connectivity index (χ3n) is 3.85. The minimum atomic E-state index is -0.147. The molecule has 0 fully saturated rings. The van der Waals surface area contributed by atoms with Crippen molar-refractivity contribution >= 4 is 5.69 Å². The van der Waals surface area contributed by atoms with Crippen molar-refractivity contribution in [1.29, 1.82) is 0 Å². The van der Waals surface area contributed by atoms with Crippen molar-refractivity contribution in [3.63, 3.8) is 0 Å². The zero-order chi connectivity index (χ0) is 16.1. The molecule has 1 atom stereocenters. The van der Waals surface area contributed by atoms with Crippen LogP contribution in [0.3, 0.4) is 0 Å². The van der Waals surface area contributed by atoms with Crippen LogP contribution in [0.25, 0.3) is 11.1 Å². The number of aromatic nitrogens is 1. The summed E-state index contributed by atoms with van der Waals surface area (Å²) in [5.41, 5.74) is 5.37. The lowest BCUT2D eigenvalue weighted by Crippen LogP contribution is -2.14. The SMILES string of the molecule is Cc1ccc(-c2cncc(N[C@@H](CO)c3ccccc3)c2)cc1. The Hall–Kier alpha value is -2.65. The molecule has 0 saturated heterocycles. The number of nitrogens with zero attached hydrogens (tertiary/aromatic N) is 1. The summed E-state index contributed by atoms with van der Waals surface area (Å²) in [5.74, 6) is 0. The van der Waals surface area contributed by atoms with Gasteiger partial charge in [0.15, 0.2) is 0 Å². The second-order valence-corrected chi connectivity index (χ2v) is 5.62. The van der Waals surface area contributed by atoms with E-state index >= 15 is 0 Å². The largest absolute Gasteiger partial charge is 0.394 e. The molecule has 0 bridgehead atoms. The van der Waals surface area contributed by atoms with E-state index < -0.39 is 0 Å². The molecule has 2 aromatic carbocycles. The summed E-state index contributed by atoms with van der Waals surface area (Å²) < 4.78 is 0. The van der Waals surface area contributed by atoms with Crippen molar-refractivity contribution < 1.29 is 5.11 Å². The molecule has 23 heavy (non-hydrogen) atoms. The fourth-order valence-corrected chi connectivity index (χ4v) is 2.54. The number of hydrogen-bond acceptors (Lipinski definition) is 3. The number of hydrogen-bond donors (Lipinski definition) is 2. The molecule has 116 valence electrons. The number of nitrogens with one attached hydrogen (secondary N) is 1. The Morgan fingerprint density at radius 3 is 2.39 bits per heavy atom. The maximum Gasteiger partial charge on any atom is 0.0745 e. The molecule has 3 rings (SSSR count). The van der Waals surface area contributed by atoms with Gasteiger partial charge in [0, 0.05) is 18.0 Å². The fourth-order valence-electron chi connectivity index (χ4n) is 2.54. The Morgan fingerprint density at radius 2 is 1.70 bits per heavy atom. The number of aryl methyl sites for hydroxylation is 1. The number of benzene rings is 2. The van der Waals surface area contributed by atoms with Gasteiger partial charge in [-0.05, 0) is 24.1 Å². The van der Waals surface area contributed by atoms with E-state index in [2.05, 4.69) is 47.6 Å². The lowest BCUT2D eigenvalue weighted by atomic mass is 10.0. The molecule has 3 aromatic rings. The molecule has 0 radical (unpaired) electrons. The van der Waals surface area contributed by atoms with Gasteiger partial charge in [-0.1, -0.05) is 60.2 Å². The molecule has 3 heteroatoms. The van der Waals surface area contributed by atoms with Gasteiger partial charge in [0.25, 0.3) is 0 Å². The Kier molecular flexibility index (Phi) is 4.69. The Labute approximate surface area is 136 Å². The zero-order valence-electron chi connectivity index (χ0n) is 13.1. The van der Waals surface area contributed by atoms with Gasteiger partial charge in [0.1, 0.15) is 0 Å². The first-order valence-electron chi connectivity index (χ1n) is 7.70. The molecule has 0 aliphatic rings. The van der Waals surface area contributed by atoms with Crippen LogP contribution in [0.5, 0.6) is 0 Å². The molecule has 0 saturated carbocycles. The van der Waals surface area contributed by atoms with Crippen LogP contribution in [0.4, 0.5) is 5.69 Å². The van der Waals surface area contributed by atoms with Gasteiger partial charge in [-0.2, -0.15) is 0 Å². The second kappa shape index (κ2) is 7.07. The molecule has 0 aliphatic carbocycles. The average molecular weight is 304 g/mol. The van der Waals surface area contributed by atoms with Crippen molar-refractivity contribution in [3.05, 3.63) is 84.2 Å². The number of rotatable bonds is 5. The van der Waals surface area contributed by atoms with Crippen LogP contribution in [-0.4, -0.2) is 16.7 Å². The number of anilines is 1. The van der Waals surface area contributed by atoms with Crippen molar-refractivity contribution in [3.8, 4) is 11.1 Å². The van der Waals surface area contributed by atoms with Gasteiger partial charge in [-0.15, -0.1) is 0 Å². The number of aliphatic hydroxyl groups excluding tert-OH is 1. The average Bonchev–Trinajstić information content (AvgIpc) is 2.61. The lowest BCUT2D eigenvalue weighted by molar-refractivity contribution is 0.276. The highest BCUT2D eigenvalue weighted by Gasteiger charge is 2.10. The van der Waals surface area contributed by atoms with E-state index in [9.17, 15) is 5.11 Å². The van der Waals surface area contributed by atoms with Crippen LogP contribution in [0.2, 0.25) is 0 Å². The van der Waals surface area contributed by atoms with E-state index in [0.717, 1.165) is 22.4 Å². The maximum atomic E-state index is 9.67. The minimum absolute atomic E-state index is 0.0266. The molecule has 0 unspecified atom stereocenters. The number of aliphatic hydroxyl groups is 1. The zero-order valence-corrected chi connectivity index (χ0v) is 13.1. The highest BCUT2D eigenvalue weighted by molar-refractivity contribution is 5.67. The molecular formula is C20H20N2O. The predicted octanol–water partition coefficient (Wildman–Crippen LogP) is 4.20. The van der Waals surface area contributed by atoms with E-state index in [1.54, 1.807) is 6.20 Å². The smallest absolute Gasteiger partial charge is 0.0745 e. The molecular weight excluding hydrogens is 284 g/mol. The van der Waals surface area contributed by atoms with Crippen LogP contribution >= 0.6 is 0 Å². The van der Waals surface area contributed by atoms with Crippen LogP contribution < -0.4 is 5.32 Å². The van der Waals surface area contributed by atoms with Crippen LogP contribution in [0.15, 0.2) is 73.1 Å². The summed E-state index contributed by atoms with van der Waals surface area (Å²) >= 11 is 0. The quantitative estimate of drug-likeness (QED) is 0.742. The molecule has 1 aromatic heterocycles. The number of pyridine rings is 1. The second-order valence-electron chi connectivity index (χ2n) is 5.62. The third kappa shape index (κ3) is 3.76. The summed E-state index contributed by atoms with van der Waals surface area (Å²) in [6.45, 7) is 2.10. The van der Waals surface area contributed by atoms with Crippen molar-refractivity contribution in [2.24, 2.45) is 0 Å². The minimum Gasteiger partial charge on any atom is -0.394 e. The first-order valence-corrected chi connectivity index (χ1v) is 7.70. The monoisotopic (exact) mass is 304 g/mol. The van der Waals surface area contributed by atoms with E-state index in [0.29, 0.717) is 0 Å². The lowest BCUT2D eigenvalue weighted by Gasteiger charge is -2.18. The van der Waals surface area contributed by atoms with Gasteiger partial charge in [-0.25, -0.2) is 0 Å². The molecule has 2 N–H and O–H groups in total. The summed E-state index contributed by atoms with van der Waals surface area (Å²) in [4.78, 5) is 4.32. The third-order valence-corrected chi connectivity index (χ3v) is 3.85. The molecule has 0 spiro atoms. The van der Waals surface area contributed by atoms with E-state index in [-0.39, 0.29) is 12.6 Å². The van der Waals surface area contributed by atoms with Crippen LogP contribution in [0.1, 0.15) is 17.2 Å². The van der Waals surface area contributed by atoms with Crippen molar-refractivity contribution in [1.82, 2.24) is 4.98 Å². The van der Waals surface area contributed by atoms with Gasteiger partial charge >= 0.3 is 0 Å². The maximum absolute atomic E-state index is 9.67. The predicted molar refractivity (Wildman–Crippen MR) is 94.3 cm³/mol. The summed E-state index contributed by atoms with van der Waals surface area (Å²) in [7, 11) is 0. The van der Waals surface area contributed by atoms with Gasteiger partial charge in [0.05, 0.1) is 18.3 Å². The highest BCUT2D eigenvalue weighted by atomic mass is 16.3. The van der Waals surface area contributed by atoms with Gasteiger partial charge < -0.3 is 10.4 Å². The van der Waals surface area contributed by atoms with Gasteiger partial charge in [0.2, 0.25) is 0 Å². The van der Waals surface area contributed by atoms with Crippen molar-refractivity contribution in [2.45, 2.75) is 13.0 Å². The first kappa shape index (κ1) is 15.3. The standard InChI is InChI=1S/C20H20N2O/c1-15-7-9-16(10-8-15)18-11-19(13-21-12-18)22-20(14-23)17-5-3-2-4-6-17/h2-13,20,22-23H,14H2,1H3/t20-/m0/s1. The normalized spacial score (nSPS) is 11.9. The molecule has 0 amide bonds. The Balaban J connectivity index is 1.83. The van der Waals surface area contributed by atoms with Crippen LogP contribution in [0, 0.1) is 6.92 Å². The molecule has 0 aliphatic heterocycles. The molecule has 3 nitrogen and oxygen atoms in total. The summed E-state index contributed by atoms with van der Waals surface area (Å²) in [6.07, 6.45) is 3.63. The topological polar surface area (TPSA) is 45.2 Å². The first-order chi connectivity index (χ1) is 11.3. The summed E-state index contributed by atoms with van der Waals surface area (Å²) in [6, 6.07) is 20.2. The molecule has 1 heterocycles. The summed E-state index contributed by atoms with van der Waals surface area (Å²) in [5, 5.41) is 13.0. The van der Waals surface area contributed by atoms with Gasteiger partial charge in [-0.3, -0.25) is 4.98 Å².